The van der Waals surface area contributed by atoms with Crippen LogP contribution in [-0.2, 0) is 6.42 Å². The molecule has 7 heteroatoms. The molecule has 0 saturated carbocycles. The second-order valence-corrected chi connectivity index (χ2v) is 7.57. The molecule has 4 rings (SSSR count). The minimum absolute atomic E-state index is 0.175. The average molecular weight is 460 g/mol. The van der Waals surface area contributed by atoms with Gasteiger partial charge in [-0.2, -0.15) is 8.78 Å². The normalized spacial score (nSPS) is 11.4. The van der Waals surface area contributed by atoms with Gasteiger partial charge < -0.3 is 4.74 Å². The number of fused-ring (bicyclic) bond motifs is 1. The van der Waals surface area contributed by atoms with Crippen LogP contribution in [0.4, 0.5) is 26.3 Å². The number of hydrogen-bond acceptors (Lipinski definition) is 1. The van der Waals surface area contributed by atoms with Gasteiger partial charge in [-0.05, 0) is 46.7 Å². The van der Waals surface area contributed by atoms with Crippen molar-refractivity contribution in [3.05, 3.63) is 89.5 Å². The number of rotatable bonds is 6. The fourth-order valence-electron chi connectivity index (χ4n) is 3.84. The molecular formula is C26H18F6O. The maximum Gasteiger partial charge on any atom is 0.387 e. The largest absolute Gasteiger partial charge is 0.429 e. The van der Waals surface area contributed by atoms with Gasteiger partial charge in [-0.15, -0.1) is 0 Å². The lowest BCUT2D eigenvalue weighted by Crippen LogP contribution is -2.06. The smallest absolute Gasteiger partial charge is 0.387 e. The molecule has 0 atom stereocenters. The zero-order valence-corrected chi connectivity index (χ0v) is 17.4. The highest BCUT2D eigenvalue weighted by molar-refractivity contribution is 5.89. The lowest BCUT2D eigenvalue weighted by Gasteiger charge is -2.12. The molecule has 0 aromatic heterocycles. The van der Waals surface area contributed by atoms with Crippen molar-refractivity contribution in [2.75, 3.05) is 0 Å². The third-order valence-electron chi connectivity index (χ3n) is 5.35. The first-order chi connectivity index (χ1) is 15.8. The van der Waals surface area contributed by atoms with Crippen molar-refractivity contribution in [2.45, 2.75) is 26.4 Å². The third kappa shape index (κ3) is 4.53. The summed E-state index contributed by atoms with van der Waals surface area (Å²) in [6.07, 6.45) is 1.84. The van der Waals surface area contributed by atoms with Gasteiger partial charge in [0.1, 0.15) is 11.6 Å². The molecular weight excluding hydrogens is 442 g/mol. The van der Waals surface area contributed by atoms with Gasteiger partial charge >= 0.3 is 6.61 Å². The molecule has 0 aliphatic carbocycles. The Morgan fingerprint density at radius 3 is 2.03 bits per heavy atom. The molecule has 0 fully saturated rings. The average Bonchev–Trinajstić information content (AvgIpc) is 2.76. The van der Waals surface area contributed by atoms with Crippen LogP contribution in [0.2, 0.25) is 0 Å². The summed E-state index contributed by atoms with van der Waals surface area (Å²) < 4.78 is 86.6. The molecule has 1 nitrogen and oxygen atoms in total. The zero-order valence-electron chi connectivity index (χ0n) is 17.4. The maximum atomic E-state index is 15.2. The van der Waals surface area contributed by atoms with Crippen LogP contribution in [0.15, 0.2) is 60.7 Å². The molecule has 0 aliphatic heterocycles. The summed E-state index contributed by atoms with van der Waals surface area (Å²) in [6, 6.07) is 13.9. The van der Waals surface area contributed by atoms with E-state index < -0.39 is 35.6 Å². The van der Waals surface area contributed by atoms with Gasteiger partial charge in [0.2, 0.25) is 0 Å². The molecule has 0 spiro atoms. The van der Waals surface area contributed by atoms with Gasteiger partial charge in [-0.3, -0.25) is 0 Å². The van der Waals surface area contributed by atoms with Gasteiger partial charge in [0.05, 0.1) is 0 Å². The first-order valence-electron chi connectivity index (χ1n) is 10.2. The van der Waals surface area contributed by atoms with E-state index in [2.05, 4.69) is 11.7 Å². The molecule has 170 valence electrons. The van der Waals surface area contributed by atoms with Gasteiger partial charge in [0, 0.05) is 16.5 Å². The first-order valence-corrected chi connectivity index (χ1v) is 10.2. The second kappa shape index (κ2) is 9.17. The van der Waals surface area contributed by atoms with Crippen LogP contribution in [-0.4, -0.2) is 6.61 Å². The highest BCUT2D eigenvalue weighted by atomic mass is 19.3. The molecule has 33 heavy (non-hydrogen) atoms. The second-order valence-electron chi connectivity index (χ2n) is 7.57. The van der Waals surface area contributed by atoms with E-state index in [4.69, 9.17) is 0 Å². The Morgan fingerprint density at radius 1 is 0.727 bits per heavy atom. The lowest BCUT2D eigenvalue weighted by molar-refractivity contribution is -0.0546. The van der Waals surface area contributed by atoms with Crippen LogP contribution in [0.3, 0.4) is 0 Å². The van der Waals surface area contributed by atoms with E-state index in [1.807, 2.05) is 12.1 Å². The Labute approximate surface area is 186 Å². The van der Waals surface area contributed by atoms with Crippen molar-refractivity contribution in [1.82, 2.24) is 0 Å². The molecule has 0 amide bonds. The highest BCUT2D eigenvalue weighted by Gasteiger charge is 2.19. The summed E-state index contributed by atoms with van der Waals surface area (Å²) in [5, 5.41) is 1.13. The van der Waals surface area contributed by atoms with Crippen molar-refractivity contribution >= 4 is 10.8 Å². The van der Waals surface area contributed by atoms with Gasteiger partial charge in [-0.25, -0.2) is 17.6 Å². The zero-order chi connectivity index (χ0) is 23.7. The summed E-state index contributed by atoms with van der Waals surface area (Å²) in [5.41, 5.74) is 1.13. The predicted molar refractivity (Wildman–Crippen MR) is 115 cm³/mol. The molecule has 0 heterocycles. The summed E-state index contributed by atoms with van der Waals surface area (Å²) in [6.45, 7) is -1.36. The fourth-order valence-corrected chi connectivity index (χ4v) is 3.84. The molecule has 4 aromatic rings. The summed E-state index contributed by atoms with van der Waals surface area (Å²) in [7, 11) is 0. The minimum Gasteiger partial charge on any atom is -0.429 e. The van der Waals surface area contributed by atoms with E-state index in [9.17, 15) is 22.0 Å². The maximum absolute atomic E-state index is 15.2. The molecule has 0 bridgehead atoms. The Morgan fingerprint density at radius 2 is 1.39 bits per heavy atom. The Hall–Kier alpha value is -3.48. The fraction of sp³-hybridized carbons (Fsp3) is 0.154. The molecule has 0 radical (unpaired) electrons. The number of benzene rings is 4. The quantitative estimate of drug-likeness (QED) is 0.263. The van der Waals surface area contributed by atoms with Gasteiger partial charge in [0.25, 0.3) is 0 Å². The number of hydrogen-bond donors (Lipinski definition) is 0. The number of ether oxygens (including phenoxy) is 1. The number of aryl methyl sites for hydroxylation is 1. The van der Waals surface area contributed by atoms with E-state index in [0.29, 0.717) is 17.5 Å². The van der Waals surface area contributed by atoms with Crippen LogP contribution >= 0.6 is 0 Å². The lowest BCUT2D eigenvalue weighted by atomic mass is 9.96. The number of alkyl halides is 2. The SMILES string of the molecule is CCCc1ccc2c(F)c(-c3ccc(-c4cc(F)c(OC(F)F)c(F)c4)c(F)c3)ccc2c1. The van der Waals surface area contributed by atoms with E-state index in [-0.39, 0.29) is 22.3 Å². The number of halogens is 6. The molecule has 0 unspecified atom stereocenters. The van der Waals surface area contributed by atoms with Crippen molar-refractivity contribution in [3.63, 3.8) is 0 Å². The van der Waals surface area contributed by atoms with E-state index >= 15 is 4.39 Å². The highest BCUT2D eigenvalue weighted by Crippen LogP contribution is 2.35. The van der Waals surface area contributed by atoms with Crippen LogP contribution in [0.25, 0.3) is 33.0 Å². The monoisotopic (exact) mass is 460 g/mol. The van der Waals surface area contributed by atoms with Gasteiger partial charge in [0.15, 0.2) is 17.4 Å². The minimum atomic E-state index is -3.41. The van der Waals surface area contributed by atoms with Crippen LogP contribution in [0, 0.1) is 23.3 Å². The summed E-state index contributed by atoms with van der Waals surface area (Å²) in [5.74, 6) is -5.39. The van der Waals surface area contributed by atoms with Crippen molar-refractivity contribution in [1.29, 1.82) is 0 Å². The molecule has 4 aromatic carbocycles. The van der Waals surface area contributed by atoms with Crippen LogP contribution in [0.5, 0.6) is 5.75 Å². The Balaban J connectivity index is 1.72. The first kappa shape index (κ1) is 22.7. The predicted octanol–water partition coefficient (Wildman–Crippen LogP) is 8.28. The van der Waals surface area contributed by atoms with Crippen molar-refractivity contribution in [3.8, 4) is 28.0 Å². The van der Waals surface area contributed by atoms with Crippen LogP contribution in [0.1, 0.15) is 18.9 Å². The standard InChI is InChI=1S/C26H18F6O/c1-2-3-14-4-7-19-15(10-14)6-9-20(24(19)30)16-5-8-18(21(27)11-16)17-12-22(28)25(23(29)13-17)33-26(31)32/h4-13,26H,2-3H2,1H3. The summed E-state index contributed by atoms with van der Waals surface area (Å²) >= 11 is 0. The molecule has 0 N–H and O–H groups in total. The van der Waals surface area contributed by atoms with Crippen LogP contribution < -0.4 is 4.74 Å². The van der Waals surface area contributed by atoms with E-state index in [1.165, 1.54) is 12.1 Å². The molecule has 0 aliphatic rings. The van der Waals surface area contributed by atoms with Crippen molar-refractivity contribution in [2.24, 2.45) is 0 Å². The Bertz CT molecular complexity index is 1310. The van der Waals surface area contributed by atoms with Crippen molar-refractivity contribution < 1.29 is 31.1 Å². The molecule has 0 saturated heterocycles. The van der Waals surface area contributed by atoms with E-state index in [0.717, 1.165) is 29.9 Å². The third-order valence-corrected chi connectivity index (χ3v) is 5.35. The van der Waals surface area contributed by atoms with E-state index in [1.54, 1.807) is 18.2 Å². The summed E-state index contributed by atoms with van der Waals surface area (Å²) in [4.78, 5) is 0. The van der Waals surface area contributed by atoms with Gasteiger partial charge in [-0.1, -0.05) is 55.8 Å². The Kier molecular flexibility index (Phi) is 6.31. The topological polar surface area (TPSA) is 9.23 Å².